The molecule has 1 aromatic carbocycles. The second kappa shape index (κ2) is 8.49. The van der Waals surface area contributed by atoms with Crippen LogP contribution < -0.4 is 10.6 Å². The number of hydrogen-bond donors (Lipinski definition) is 2. The fraction of sp³-hybridized carbons (Fsp3) is 0.0526. The highest BCUT2D eigenvalue weighted by Gasteiger charge is 2.22. The first-order valence-electron chi connectivity index (χ1n) is 8.27. The van der Waals surface area contributed by atoms with E-state index in [4.69, 9.17) is 12.2 Å². The molecule has 146 valence electrons. The lowest BCUT2D eigenvalue weighted by atomic mass is 10.1. The van der Waals surface area contributed by atoms with Crippen molar-refractivity contribution in [3.8, 4) is 10.6 Å². The maximum Gasteiger partial charge on any atom is 0.263 e. The zero-order valence-corrected chi connectivity index (χ0v) is 19.7. The molecule has 2 aromatic heterocycles. The number of nitrogens with zero attached hydrogens (tertiary/aromatic N) is 1. The molecule has 1 aliphatic rings. The van der Waals surface area contributed by atoms with E-state index < -0.39 is 0 Å². The first-order chi connectivity index (χ1) is 13.9. The van der Waals surface area contributed by atoms with Crippen molar-refractivity contribution in [1.29, 1.82) is 0 Å². The van der Waals surface area contributed by atoms with Crippen LogP contribution in [0.1, 0.15) is 21.5 Å². The number of rotatable bonds is 4. The molecule has 1 fully saturated rings. The van der Waals surface area contributed by atoms with Crippen molar-refractivity contribution in [1.82, 2.24) is 10.3 Å². The predicted octanol–water partition coefficient (Wildman–Crippen LogP) is 5.68. The van der Waals surface area contributed by atoms with Crippen LogP contribution in [0.25, 0.3) is 16.6 Å². The van der Waals surface area contributed by atoms with Gasteiger partial charge in [0, 0.05) is 10.9 Å². The monoisotopic (exact) mass is 521 g/mol. The molecule has 4 rings (SSSR count). The molecule has 3 aromatic rings. The second-order valence-corrected chi connectivity index (χ2v) is 11.0. The third kappa shape index (κ3) is 4.67. The Morgan fingerprint density at radius 3 is 2.69 bits per heavy atom. The fourth-order valence-corrected chi connectivity index (χ4v) is 6.11. The second-order valence-electron chi connectivity index (χ2n) is 6.03. The van der Waals surface area contributed by atoms with Crippen molar-refractivity contribution in [2.24, 2.45) is 0 Å². The van der Waals surface area contributed by atoms with Gasteiger partial charge in [0.15, 0.2) is 5.13 Å². The molecule has 3 heterocycles. The Bertz CT molecular complexity index is 1160. The van der Waals surface area contributed by atoms with Gasteiger partial charge in [0.25, 0.3) is 11.8 Å². The van der Waals surface area contributed by atoms with E-state index in [1.54, 1.807) is 41.7 Å². The van der Waals surface area contributed by atoms with Crippen molar-refractivity contribution in [3.63, 3.8) is 0 Å². The quantitative estimate of drug-likeness (QED) is 0.341. The van der Waals surface area contributed by atoms with Gasteiger partial charge in [-0.3, -0.25) is 14.9 Å². The number of aryl methyl sites for hydroxylation is 1. The van der Waals surface area contributed by atoms with E-state index in [1.807, 2.05) is 12.3 Å². The molecular formula is C19H12BrN3O2S4. The fourth-order valence-electron chi connectivity index (χ4n) is 2.61. The summed E-state index contributed by atoms with van der Waals surface area (Å²) in [7, 11) is 0. The number of amides is 2. The van der Waals surface area contributed by atoms with Gasteiger partial charge >= 0.3 is 0 Å². The van der Waals surface area contributed by atoms with Gasteiger partial charge in [-0.2, -0.15) is 0 Å². The van der Waals surface area contributed by atoms with Crippen molar-refractivity contribution in [3.05, 3.63) is 61.1 Å². The Morgan fingerprint density at radius 1 is 1.31 bits per heavy atom. The highest BCUT2D eigenvalue weighted by Crippen LogP contribution is 2.36. The molecule has 2 N–H and O–H groups in total. The van der Waals surface area contributed by atoms with Crippen LogP contribution >= 0.6 is 62.6 Å². The van der Waals surface area contributed by atoms with Crippen LogP contribution in [0.15, 0.2) is 44.4 Å². The standard InChI is InChI=1S/C19H12BrN3O2S4/c1-9-6-14(20)29-15(9)12-8-27-18(21-12)22-16(24)11-4-2-10(3-5-11)7-13-17(25)23-19(26)28-13/h2-8H,1H3,(H,21,22,24)(H,23,25,26)/b13-7-. The number of thioether (sulfide) groups is 1. The maximum atomic E-state index is 12.5. The van der Waals surface area contributed by atoms with Crippen LogP contribution in [-0.4, -0.2) is 21.1 Å². The molecule has 1 aliphatic heterocycles. The summed E-state index contributed by atoms with van der Waals surface area (Å²) in [6.07, 6.45) is 1.75. The molecule has 10 heteroatoms. The zero-order chi connectivity index (χ0) is 20.5. The molecule has 0 saturated carbocycles. The van der Waals surface area contributed by atoms with Gasteiger partial charge in [-0.15, -0.1) is 22.7 Å². The van der Waals surface area contributed by atoms with E-state index in [-0.39, 0.29) is 11.8 Å². The number of aromatic nitrogens is 1. The Morgan fingerprint density at radius 2 is 2.07 bits per heavy atom. The average molecular weight is 522 g/mol. The molecule has 2 amide bonds. The summed E-state index contributed by atoms with van der Waals surface area (Å²) in [4.78, 5) is 30.4. The van der Waals surface area contributed by atoms with Gasteiger partial charge in [-0.25, -0.2) is 4.98 Å². The van der Waals surface area contributed by atoms with E-state index in [0.717, 1.165) is 25.5 Å². The van der Waals surface area contributed by atoms with Crippen LogP contribution in [0.5, 0.6) is 0 Å². The number of anilines is 1. The van der Waals surface area contributed by atoms with Gasteiger partial charge in [0.2, 0.25) is 0 Å². The predicted molar refractivity (Wildman–Crippen MR) is 129 cm³/mol. The summed E-state index contributed by atoms with van der Waals surface area (Å²) in [6, 6.07) is 9.06. The molecule has 0 unspecified atom stereocenters. The number of thiocarbonyl (C=S) groups is 1. The summed E-state index contributed by atoms with van der Waals surface area (Å²) < 4.78 is 1.50. The number of carbonyl (C=O) groups is 2. The molecule has 0 aliphatic carbocycles. The lowest BCUT2D eigenvalue weighted by Crippen LogP contribution is -2.17. The molecule has 0 radical (unpaired) electrons. The maximum absolute atomic E-state index is 12.5. The van der Waals surface area contributed by atoms with Crippen LogP contribution in [0.4, 0.5) is 5.13 Å². The lowest BCUT2D eigenvalue weighted by Gasteiger charge is -2.02. The van der Waals surface area contributed by atoms with Gasteiger partial charge in [-0.1, -0.05) is 36.1 Å². The summed E-state index contributed by atoms with van der Waals surface area (Å²) in [5.74, 6) is -0.433. The molecule has 5 nitrogen and oxygen atoms in total. The molecule has 0 bridgehead atoms. The molecular weight excluding hydrogens is 510 g/mol. The Labute approximate surface area is 192 Å². The van der Waals surface area contributed by atoms with E-state index >= 15 is 0 Å². The van der Waals surface area contributed by atoms with Gasteiger partial charge in [-0.05, 0) is 58.3 Å². The highest BCUT2D eigenvalue weighted by molar-refractivity contribution is 9.11. The van der Waals surface area contributed by atoms with Crippen LogP contribution in [-0.2, 0) is 4.79 Å². The van der Waals surface area contributed by atoms with Crippen molar-refractivity contribution in [2.75, 3.05) is 5.32 Å². The number of thiazole rings is 1. The number of thiophene rings is 1. The summed E-state index contributed by atoms with van der Waals surface area (Å²) in [5.41, 5.74) is 3.33. The first-order valence-corrected chi connectivity index (χ1v) is 12.0. The summed E-state index contributed by atoms with van der Waals surface area (Å²) in [6.45, 7) is 2.03. The van der Waals surface area contributed by atoms with Gasteiger partial charge < -0.3 is 5.32 Å². The van der Waals surface area contributed by atoms with Gasteiger partial charge in [0.1, 0.15) is 4.32 Å². The third-order valence-electron chi connectivity index (χ3n) is 3.96. The largest absolute Gasteiger partial charge is 0.307 e. The van der Waals surface area contributed by atoms with Crippen molar-refractivity contribution >= 4 is 89.9 Å². The Hall–Kier alpha value is -1.85. The SMILES string of the molecule is Cc1cc(Br)sc1-c1csc(NC(=O)c2ccc(/C=C3\SC(=S)NC3=O)cc2)n1. The molecule has 29 heavy (non-hydrogen) atoms. The topological polar surface area (TPSA) is 71.1 Å². The first kappa shape index (κ1) is 20.4. The van der Waals surface area contributed by atoms with E-state index in [9.17, 15) is 9.59 Å². The highest BCUT2D eigenvalue weighted by atomic mass is 79.9. The number of halogens is 1. The Balaban J connectivity index is 1.45. The molecule has 1 saturated heterocycles. The van der Waals surface area contributed by atoms with Gasteiger partial charge in [0.05, 0.1) is 19.3 Å². The Kier molecular flexibility index (Phi) is 5.98. The van der Waals surface area contributed by atoms with E-state index in [1.165, 1.54) is 23.1 Å². The number of hydrogen-bond acceptors (Lipinski definition) is 7. The smallest absolute Gasteiger partial charge is 0.263 e. The van der Waals surface area contributed by atoms with Crippen LogP contribution in [0.3, 0.4) is 0 Å². The minimum absolute atomic E-state index is 0.200. The number of benzene rings is 1. The van der Waals surface area contributed by atoms with Crippen molar-refractivity contribution in [2.45, 2.75) is 6.92 Å². The number of carbonyl (C=O) groups excluding carboxylic acids is 2. The minimum Gasteiger partial charge on any atom is -0.307 e. The zero-order valence-electron chi connectivity index (χ0n) is 14.8. The van der Waals surface area contributed by atoms with Crippen LogP contribution in [0.2, 0.25) is 0 Å². The van der Waals surface area contributed by atoms with E-state index in [0.29, 0.717) is 19.9 Å². The number of nitrogens with one attached hydrogen (secondary N) is 2. The van der Waals surface area contributed by atoms with E-state index in [2.05, 4.69) is 37.6 Å². The lowest BCUT2D eigenvalue weighted by molar-refractivity contribution is -0.115. The summed E-state index contributed by atoms with van der Waals surface area (Å²) in [5, 5.41) is 7.90. The molecule has 0 spiro atoms. The minimum atomic E-state index is -0.233. The third-order valence-corrected chi connectivity index (χ3v) is 7.64. The summed E-state index contributed by atoms with van der Waals surface area (Å²) >= 11 is 12.7. The van der Waals surface area contributed by atoms with Crippen molar-refractivity contribution < 1.29 is 9.59 Å². The normalized spacial score (nSPS) is 15.0. The molecule has 0 atom stereocenters. The average Bonchev–Trinajstić information content (AvgIpc) is 3.35. The van der Waals surface area contributed by atoms with Crippen LogP contribution in [0, 0.1) is 6.92 Å².